The molecular formula is C28H39N5O4S. The van der Waals surface area contributed by atoms with E-state index in [9.17, 15) is 9.90 Å². The topological polar surface area (TPSA) is 101 Å². The molecule has 38 heavy (non-hydrogen) atoms. The molecule has 0 bridgehead atoms. The molecule has 2 fully saturated rings. The summed E-state index contributed by atoms with van der Waals surface area (Å²) in [6, 6.07) is 6.51. The number of hydrogen-bond donors (Lipinski definition) is 2. The number of aromatic nitrogens is 3. The molecule has 1 atom stereocenters. The number of thiophene rings is 1. The second-order valence-corrected chi connectivity index (χ2v) is 12.1. The highest BCUT2D eigenvalue weighted by atomic mass is 32.1. The molecule has 1 saturated carbocycles. The van der Waals surface area contributed by atoms with E-state index in [1.54, 1.807) is 18.4 Å². The highest BCUT2D eigenvalue weighted by Crippen LogP contribution is 2.42. The molecule has 206 valence electrons. The zero-order chi connectivity index (χ0) is 26.9. The van der Waals surface area contributed by atoms with E-state index < -0.39 is 5.41 Å². The summed E-state index contributed by atoms with van der Waals surface area (Å²) in [7, 11) is 1.68. The monoisotopic (exact) mass is 541 g/mol. The molecule has 1 amide bonds. The van der Waals surface area contributed by atoms with Gasteiger partial charge in [0, 0.05) is 53.2 Å². The minimum Gasteiger partial charge on any atom is -0.393 e. The number of aliphatic hydroxyl groups is 1. The van der Waals surface area contributed by atoms with Gasteiger partial charge in [0.1, 0.15) is 0 Å². The normalized spacial score (nSPS) is 21.6. The molecule has 10 heteroatoms. The van der Waals surface area contributed by atoms with Crippen molar-refractivity contribution in [3.63, 3.8) is 0 Å². The standard InChI is InChI=1S/C28H39N5O4S/c1-18(17-36-4)30-27-29-16-23-21(15-22(33(23)31-27)19-5-7-20(34)8-6-19)24-9-10-25(38-24)28(2,3)26(35)32-11-13-37-14-12-32/h9-10,15-16,18-20,34H,5-8,11-14,17H2,1-4H3,(H,30,31)/t18-,19-,20-/m0/s1. The summed E-state index contributed by atoms with van der Waals surface area (Å²) in [6.45, 7) is 9.09. The molecule has 1 aliphatic heterocycles. The number of fused-ring (bicyclic) bond motifs is 1. The van der Waals surface area contributed by atoms with Gasteiger partial charge in [-0.1, -0.05) is 0 Å². The first-order valence-electron chi connectivity index (χ1n) is 13.6. The molecule has 3 aromatic rings. The summed E-state index contributed by atoms with van der Waals surface area (Å²) in [5.41, 5.74) is 2.55. The van der Waals surface area contributed by atoms with Crippen LogP contribution in [0.25, 0.3) is 16.0 Å². The Balaban J connectivity index is 1.49. The Morgan fingerprint density at radius 3 is 2.71 bits per heavy atom. The summed E-state index contributed by atoms with van der Waals surface area (Å²) >= 11 is 1.66. The number of aliphatic hydroxyl groups excluding tert-OH is 1. The molecule has 9 nitrogen and oxygen atoms in total. The number of nitrogens with zero attached hydrogens (tertiary/aromatic N) is 4. The van der Waals surface area contributed by atoms with Gasteiger partial charge in [0.05, 0.1) is 43.1 Å². The first-order valence-corrected chi connectivity index (χ1v) is 14.4. The minimum absolute atomic E-state index is 0.0758. The molecule has 2 aliphatic rings. The Morgan fingerprint density at radius 2 is 2.00 bits per heavy atom. The van der Waals surface area contributed by atoms with Crippen molar-refractivity contribution >= 4 is 28.7 Å². The van der Waals surface area contributed by atoms with E-state index in [-0.39, 0.29) is 18.1 Å². The van der Waals surface area contributed by atoms with Crippen molar-refractivity contribution in [1.82, 2.24) is 19.5 Å². The third kappa shape index (κ3) is 5.45. The van der Waals surface area contributed by atoms with Crippen molar-refractivity contribution in [3.05, 3.63) is 35.0 Å². The van der Waals surface area contributed by atoms with Gasteiger partial charge < -0.3 is 24.8 Å². The van der Waals surface area contributed by atoms with Crippen LogP contribution in [0.4, 0.5) is 5.95 Å². The molecular weight excluding hydrogens is 502 g/mol. The number of carbonyl (C=O) groups excluding carboxylic acids is 1. The Labute approximate surface area is 228 Å². The van der Waals surface area contributed by atoms with Crippen LogP contribution in [0.1, 0.15) is 62.9 Å². The van der Waals surface area contributed by atoms with E-state index >= 15 is 0 Å². The highest BCUT2D eigenvalue weighted by Gasteiger charge is 2.36. The van der Waals surface area contributed by atoms with Crippen LogP contribution in [-0.2, 0) is 19.7 Å². The molecule has 0 radical (unpaired) electrons. The van der Waals surface area contributed by atoms with Crippen LogP contribution in [0.3, 0.4) is 0 Å². The van der Waals surface area contributed by atoms with Crippen molar-refractivity contribution in [2.24, 2.45) is 0 Å². The number of hydrogen-bond acceptors (Lipinski definition) is 8. The molecule has 4 heterocycles. The van der Waals surface area contributed by atoms with E-state index in [2.05, 4.69) is 28.5 Å². The quantitative estimate of drug-likeness (QED) is 0.444. The van der Waals surface area contributed by atoms with Crippen LogP contribution in [0, 0.1) is 0 Å². The van der Waals surface area contributed by atoms with Gasteiger partial charge in [0.2, 0.25) is 11.9 Å². The minimum atomic E-state index is -0.622. The second-order valence-electron chi connectivity index (χ2n) is 11.1. The Kier molecular flexibility index (Phi) is 8.04. The lowest BCUT2D eigenvalue weighted by Crippen LogP contribution is -2.48. The lowest BCUT2D eigenvalue weighted by molar-refractivity contribution is -0.140. The van der Waals surface area contributed by atoms with Gasteiger partial charge in [-0.05, 0) is 64.7 Å². The zero-order valence-corrected chi connectivity index (χ0v) is 23.6. The van der Waals surface area contributed by atoms with E-state index in [0.29, 0.717) is 44.8 Å². The fourth-order valence-corrected chi connectivity index (χ4v) is 6.66. The first kappa shape index (κ1) is 27.1. The number of morpholine rings is 1. The smallest absolute Gasteiger partial charge is 0.241 e. The van der Waals surface area contributed by atoms with Crippen molar-refractivity contribution < 1.29 is 19.4 Å². The summed E-state index contributed by atoms with van der Waals surface area (Å²) in [5.74, 6) is 1.02. The number of nitrogens with one attached hydrogen (secondary N) is 1. The van der Waals surface area contributed by atoms with Crippen molar-refractivity contribution in [2.75, 3.05) is 45.3 Å². The van der Waals surface area contributed by atoms with E-state index in [1.165, 1.54) is 0 Å². The first-order chi connectivity index (χ1) is 18.3. The van der Waals surface area contributed by atoms with Gasteiger partial charge in [-0.25, -0.2) is 9.50 Å². The number of methoxy groups -OCH3 is 1. The van der Waals surface area contributed by atoms with E-state index in [0.717, 1.165) is 52.2 Å². The van der Waals surface area contributed by atoms with Gasteiger partial charge in [-0.2, -0.15) is 0 Å². The maximum atomic E-state index is 13.4. The number of ether oxygens (including phenoxy) is 2. The summed E-state index contributed by atoms with van der Waals surface area (Å²) in [6.07, 6.45) is 5.12. The Hall–Kier alpha value is -2.53. The van der Waals surface area contributed by atoms with Gasteiger partial charge in [0.25, 0.3) is 0 Å². The van der Waals surface area contributed by atoms with Crippen molar-refractivity contribution in [2.45, 2.75) is 69.9 Å². The second kappa shape index (κ2) is 11.3. The molecule has 0 aromatic carbocycles. The summed E-state index contributed by atoms with van der Waals surface area (Å²) in [4.78, 5) is 22.1. The van der Waals surface area contributed by atoms with E-state index in [1.807, 2.05) is 36.4 Å². The number of amides is 1. The van der Waals surface area contributed by atoms with Crippen molar-refractivity contribution in [1.29, 1.82) is 0 Å². The number of rotatable bonds is 8. The van der Waals surface area contributed by atoms with E-state index in [4.69, 9.17) is 14.6 Å². The Bertz CT molecular complexity index is 1260. The molecule has 0 unspecified atom stereocenters. The van der Waals surface area contributed by atoms with Crippen LogP contribution >= 0.6 is 11.3 Å². The number of anilines is 1. The maximum Gasteiger partial charge on any atom is 0.241 e. The molecule has 3 aromatic heterocycles. The molecule has 2 N–H and O–H groups in total. The molecule has 1 aliphatic carbocycles. The molecule has 5 rings (SSSR count). The summed E-state index contributed by atoms with van der Waals surface area (Å²) in [5, 5.41) is 18.3. The third-order valence-electron chi connectivity index (χ3n) is 7.77. The van der Waals surface area contributed by atoms with Crippen molar-refractivity contribution in [3.8, 4) is 10.4 Å². The molecule has 1 saturated heterocycles. The Morgan fingerprint density at radius 1 is 1.26 bits per heavy atom. The van der Waals surface area contributed by atoms with Gasteiger partial charge in [0.15, 0.2) is 0 Å². The zero-order valence-electron chi connectivity index (χ0n) is 22.8. The fourth-order valence-electron chi connectivity index (χ4n) is 5.54. The molecule has 0 spiro atoms. The average molecular weight is 542 g/mol. The highest BCUT2D eigenvalue weighted by molar-refractivity contribution is 7.15. The van der Waals surface area contributed by atoms with Crippen LogP contribution in [0.15, 0.2) is 24.4 Å². The largest absolute Gasteiger partial charge is 0.393 e. The van der Waals surface area contributed by atoms with Crippen LogP contribution in [0.5, 0.6) is 0 Å². The predicted molar refractivity (Wildman–Crippen MR) is 149 cm³/mol. The predicted octanol–water partition coefficient (Wildman–Crippen LogP) is 4.06. The fraction of sp³-hybridized carbons (Fsp3) is 0.607. The van der Waals surface area contributed by atoms with Gasteiger partial charge in [-0.3, -0.25) is 4.79 Å². The lowest BCUT2D eigenvalue weighted by Gasteiger charge is -2.33. The summed E-state index contributed by atoms with van der Waals surface area (Å²) < 4.78 is 12.7. The number of carbonyl (C=O) groups is 1. The van der Waals surface area contributed by atoms with Crippen LogP contribution in [-0.4, -0.2) is 82.7 Å². The van der Waals surface area contributed by atoms with Gasteiger partial charge in [-0.15, -0.1) is 16.4 Å². The van der Waals surface area contributed by atoms with Crippen LogP contribution in [0.2, 0.25) is 0 Å². The lowest BCUT2D eigenvalue weighted by atomic mass is 9.85. The maximum absolute atomic E-state index is 13.4. The average Bonchev–Trinajstić information content (AvgIpc) is 3.55. The third-order valence-corrected chi connectivity index (χ3v) is 9.21. The van der Waals surface area contributed by atoms with Crippen LogP contribution < -0.4 is 5.32 Å². The van der Waals surface area contributed by atoms with Gasteiger partial charge >= 0.3 is 0 Å². The SMILES string of the molecule is COC[C@H](C)Nc1ncc2c(-c3ccc(C(C)(C)C(=O)N4CCOCC4)s3)cc([C@H]3CC[C@H](O)CC3)n2n1.